The molecule has 3 N–H and O–H groups in total. The molecule has 0 fully saturated rings. The lowest BCUT2D eigenvalue weighted by molar-refractivity contribution is 0.601. The van der Waals surface area contributed by atoms with E-state index in [4.69, 9.17) is 28.9 Å². The molecule has 2 rings (SSSR count). The summed E-state index contributed by atoms with van der Waals surface area (Å²) in [5, 5.41) is 0.592. The molecule has 0 aromatic heterocycles. The van der Waals surface area contributed by atoms with Gasteiger partial charge in [-0.3, -0.25) is 4.72 Å². The normalized spacial score (nSPS) is 11.3. The Labute approximate surface area is 127 Å². The maximum absolute atomic E-state index is 12.3. The molecular formula is C13H12Cl2N2O2S. The summed E-state index contributed by atoms with van der Waals surface area (Å²) in [6.45, 7) is 1.84. The fourth-order valence-electron chi connectivity index (χ4n) is 1.66. The van der Waals surface area contributed by atoms with Gasteiger partial charge in [-0.2, -0.15) is 0 Å². The predicted octanol–water partition coefficient (Wildman–Crippen LogP) is 3.68. The molecule has 0 spiro atoms. The Kier molecular flexibility index (Phi) is 4.13. The smallest absolute Gasteiger partial charge is 0.264 e. The Hall–Kier alpha value is -1.43. The Bertz CT molecular complexity index is 761. The van der Waals surface area contributed by atoms with Gasteiger partial charge in [-0.15, -0.1) is 0 Å². The zero-order valence-corrected chi connectivity index (χ0v) is 12.9. The molecule has 0 aliphatic carbocycles. The second-order valence-electron chi connectivity index (χ2n) is 4.27. The van der Waals surface area contributed by atoms with Crippen LogP contribution in [0.5, 0.6) is 0 Å². The van der Waals surface area contributed by atoms with Crippen LogP contribution in [0.2, 0.25) is 10.0 Å². The van der Waals surface area contributed by atoms with Crippen molar-refractivity contribution in [2.24, 2.45) is 0 Å². The first kappa shape index (κ1) is 15.0. The second kappa shape index (κ2) is 5.52. The van der Waals surface area contributed by atoms with E-state index in [2.05, 4.69) is 4.72 Å². The molecule has 0 bridgehead atoms. The monoisotopic (exact) mass is 330 g/mol. The van der Waals surface area contributed by atoms with Gasteiger partial charge in [0.2, 0.25) is 0 Å². The average Bonchev–Trinajstić information content (AvgIpc) is 2.36. The summed E-state index contributed by atoms with van der Waals surface area (Å²) in [5.41, 5.74) is 6.98. The number of hydrogen-bond acceptors (Lipinski definition) is 3. The van der Waals surface area contributed by atoms with Crippen LogP contribution in [0.1, 0.15) is 5.56 Å². The van der Waals surface area contributed by atoms with E-state index < -0.39 is 10.0 Å². The first-order chi connectivity index (χ1) is 9.29. The summed E-state index contributed by atoms with van der Waals surface area (Å²) < 4.78 is 27.1. The zero-order chi connectivity index (χ0) is 14.9. The summed E-state index contributed by atoms with van der Waals surface area (Å²) in [7, 11) is -3.85. The first-order valence-corrected chi connectivity index (χ1v) is 7.87. The highest BCUT2D eigenvalue weighted by Crippen LogP contribution is 2.28. The van der Waals surface area contributed by atoms with E-state index in [9.17, 15) is 8.42 Å². The van der Waals surface area contributed by atoms with Crippen LogP contribution in [-0.2, 0) is 10.0 Å². The Morgan fingerprint density at radius 1 is 1.10 bits per heavy atom. The summed E-state index contributed by atoms with van der Waals surface area (Å²) in [6.07, 6.45) is 0. The van der Waals surface area contributed by atoms with Crippen LogP contribution in [-0.4, -0.2) is 8.42 Å². The van der Waals surface area contributed by atoms with Crippen molar-refractivity contribution >= 4 is 44.6 Å². The third kappa shape index (κ3) is 3.17. The van der Waals surface area contributed by atoms with Crippen molar-refractivity contribution in [3.05, 3.63) is 52.0 Å². The van der Waals surface area contributed by atoms with Gasteiger partial charge in [-0.1, -0.05) is 29.3 Å². The number of halogens is 2. The fourth-order valence-corrected chi connectivity index (χ4v) is 3.34. The minimum Gasteiger partial charge on any atom is -0.398 e. The van der Waals surface area contributed by atoms with Crippen LogP contribution >= 0.6 is 23.2 Å². The average molecular weight is 331 g/mol. The van der Waals surface area contributed by atoms with Crippen LogP contribution in [0.25, 0.3) is 0 Å². The minimum absolute atomic E-state index is 0.0810. The number of anilines is 2. The molecule has 0 unspecified atom stereocenters. The van der Waals surface area contributed by atoms with Gasteiger partial charge in [0.15, 0.2) is 0 Å². The molecule has 7 heteroatoms. The fraction of sp³-hybridized carbons (Fsp3) is 0.0769. The van der Waals surface area contributed by atoms with Crippen LogP contribution in [0.15, 0.2) is 41.3 Å². The number of nitrogen functional groups attached to an aromatic ring is 1. The second-order valence-corrected chi connectivity index (χ2v) is 6.77. The summed E-state index contributed by atoms with van der Waals surface area (Å²) >= 11 is 11.8. The van der Waals surface area contributed by atoms with E-state index in [1.54, 1.807) is 18.2 Å². The number of nitrogens with one attached hydrogen (secondary N) is 1. The molecule has 0 heterocycles. The van der Waals surface area contributed by atoms with E-state index in [1.807, 2.05) is 6.92 Å². The minimum atomic E-state index is -3.85. The molecule has 0 aliphatic rings. The van der Waals surface area contributed by atoms with Gasteiger partial charge in [0.1, 0.15) is 4.90 Å². The van der Waals surface area contributed by atoms with Crippen molar-refractivity contribution in [3.8, 4) is 0 Å². The number of nitrogens with two attached hydrogens (primary N) is 1. The number of rotatable bonds is 3. The topological polar surface area (TPSA) is 72.2 Å². The van der Waals surface area contributed by atoms with E-state index in [-0.39, 0.29) is 15.6 Å². The van der Waals surface area contributed by atoms with Crippen molar-refractivity contribution in [3.63, 3.8) is 0 Å². The highest BCUT2D eigenvalue weighted by atomic mass is 35.5. The van der Waals surface area contributed by atoms with Crippen LogP contribution < -0.4 is 10.5 Å². The highest BCUT2D eigenvalue weighted by molar-refractivity contribution is 7.92. The van der Waals surface area contributed by atoms with Gasteiger partial charge in [-0.05, 0) is 42.8 Å². The molecule has 0 saturated carbocycles. The number of sulfonamides is 1. The number of hydrogen-bond donors (Lipinski definition) is 2. The molecule has 106 valence electrons. The van der Waals surface area contributed by atoms with Gasteiger partial charge in [0.05, 0.1) is 16.4 Å². The van der Waals surface area contributed by atoms with Crippen molar-refractivity contribution < 1.29 is 8.42 Å². The standard InChI is InChI=1S/C13H12Cl2N2O2S/c1-8-2-4-10(15)12(6-8)17-20(18,19)13-7-9(14)3-5-11(13)16/h2-7,17H,16H2,1H3. The highest BCUT2D eigenvalue weighted by Gasteiger charge is 2.19. The lowest BCUT2D eigenvalue weighted by Gasteiger charge is -2.12. The molecule has 2 aromatic rings. The molecule has 0 aliphatic heterocycles. The lowest BCUT2D eigenvalue weighted by Crippen LogP contribution is -2.15. The quantitative estimate of drug-likeness (QED) is 0.843. The van der Waals surface area contributed by atoms with E-state index >= 15 is 0 Å². The van der Waals surface area contributed by atoms with E-state index in [1.165, 1.54) is 18.2 Å². The summed E-state index contributed by atoms with van der Waals surface area (Å²) in [6, 6.07) is 9.30. The first-order valence-electron chi connectivity index (χ1n) is 5.63. The van der Waals surface area contributed by atoms with Crippen molar-refractivity contribution in [1.29, 1.82) is 0 Å². The van der Waals surface area contributed by atoms with Crippen LogP contribution in [0, 0.1) is 6.92 Å². The lowest BCUT2D eigenvalue weighted by atomic mass is 10.2. The molecule has 20 heavy (non-hydrogen) atoms. The Morgan fingerprint density at radius 2 is 1.80 bits per heavy atom. The van der Waals surface area contributed by atoms with Gasteiger partial charge in [0, 0.05) is 5.02 Å². The third-order valence-electron chi connectivity index (χ3n) is 2.63. The predicted molar refractivity (Wildman–Crippen MR) is 82.9 cm³/mol. The van der Waals surface area contributed by atoms with E-state index in [0.29, 0.717) is 10.7 Å². The van der Waals surface area contributed by atoms with Crippen molar-refractivity contribution in [2.75, 3.05) is 10.5 Å². The van der Waals surface area contributed by atoms with Gasteiger partial charge in [0.25, 0.3) is 10.0 Å². The Morgan fingerprint density at radius 3 is 2.50 bits per heavy atom. The molecule has 0 radical (unpaired) electrons. The molecule has 4 nitrogen and oxygen atoms in total. The maximum atomic E-state index is 12.3. The molecule has 0 atom stereocenters. The molecule has 0 saturated heterocycles. The zero-order valence-electron chi connectivity index (χ0n) is 10.5. The SMILES string of the molecule is Cc1ccc(Cl)c(NS(=O)(=O)c2cc(Cl)ccc2N)c1. The van der Waals surface area contributed by atoms with Crippen molar-refractivity contribution in [2.45, 2.75) is 11.8 Å². The molecule has 0 amide bonds. The van der Waals surface area contributed by atoms with Gasteiger partial charge >= 0.3 is 0 Å². The summed E-state index contributed by atoms with van der Waals surface area (Å²) in [5.74, 6) is 0. The summed E-state index contributed by atoms with van der Waals surface area (Å²) in [4.78, 5) is -0.0810. The number of benzene rings is 2. The third-order valence-corrected chi connectivity index (χ3v) is 4.62. The molecular weight excluding hydrogens is 319 g/mol. The van der Waals surface area contributed by atoms with Gasteiger partial charge in [-0.25, -0.2) is 8.42 Å². The van der Waals surface area contributed by atoms with Gasteiger partial charge < -0.3 is 5.73 Å². The van der Waals surface area contributed by atoms with Crippen LogP contribution in [0.3, 0.4) is 0 Å². The van der Waals surface area contributed by atoms with Crippen molar-refractivity contribution in [1.82, 2.24) is 0 Å². The molecule has 2 aromatic carbocycles. The van der Waals surface area contributed by atoms with Crippen LogP contribution in [0.4, 0.5) is 11.4 Å². The Balaban J connectivity index is 2.46. The van der Waals surface area contributed by atoms with E-state index in [0.717, 1.165) is 5.56 Å². The maximum Gasteiger partial charge on any atom is 0.264 e. The number of aryl methyl sites for hydroxylation is 1. The largest absolute Gasteiger partial charge is 0.398 e.